The Morgan fingerprint density at radius 2 is 2.07 bits per heavy atom. The summed E-state index contributed by atoms with van der Waals surface area (Å²) in [6.07, 6.45) is 0. The molecular weight excluding hydrogens is 214 g/mol. The average Bonchev–Trinajstić information content (AvgIpc) is 2.20. The first kappa shape index (κ1) is 12.9. The van der Waals surface area contributed by atoms with E-state index in [-0.39, 0.29) is 12.1 Å². The normalized spacial score (nSPS) is 29.7. The van der Waals surface area contributed by atoms with E-state index in [0.29, 0.717) is 13.1 Å². The molecule has 0 aromatic heterocycles. The minimum atomic E-state index is -3.27. The minimum absolute atomic E-state index is 0.0118. The molecule has 0 amide bonds. The van der Waals surface area contributed by atoms with Crippen LogP contribution in [0.3, 0.4) is 0 Å². The Labute approximate surface area is 92.6 Å². The van der Waals surface area contributed by atoms with Gasteiger partial charge in [-0.25, -0.2) is 0 Å². The van der Waals surface area contributed by atoms with Crippen molar-refractivity contribution >= 4 is 10.2 Å². The summed E-state index contributed by atoms with van der Waals surface area (Å²) in [5.74, 6) is 0. The highest BCUT2D eigenvalue weighted by Gasteiger charge is 2.35. The fourth-order valence-electron chi connectivity index (χ4n) is 1.69. The highest BCUT2D eigenvalue weighted by atomic mass is 32.2. The first-order valence-electron chi connectivity index (χ1n) is 5.37. The van der Waals surface area contributed by atoms with Gasteiger partial charge in [-0.15, -0.1) is 0 Å². The molecule has 0 spiro atoms. The monoisotopic (exact) mass is 235 g/mol. The lowest BCUT2D eigenvalue weighted by Crippen LogP contribution is -2.59. The Bertz CT molecular complexity index is 304. The van der Waals surface area contributed by atoms with E-state index in [0.717, 1.165) is 6.54 Å². The quantitative estimate of drug-likeness (QED) is 0.741. The standard InChI is InChI=1S/C9H21N3O2S/c1-5-11(4)15(13,14)12-7-6-10-8(2)9(12)3/h8-10H,5-7H2,1-4H3. The van der Waals surface area contributed by atoms with Crippen LogP contribution in [0.1, 0.15) is 20.8 Å². The van der Waals surface area contributed by atoms with Crippen LogP contribution in [0.15, 0.2) is 0 Å². The molecule has 0 aliphatic carbocycles. The zero-order valence-electron chi connectivity index (χ0n) is 9.90. The van der Waals surface area contributed by atoms with Crippen molar-refractivity contribution in [2.24, 2.45) is 0 Å². The summed E-state index contributed by atoms with van der Waals surface area (Å²) in [5, 5.41) is 3.27. The van der Waals surface area contributed by atoms with Crippen molar-refractivity contribution in [3.63, 3.8) is 0 Å². The number of nitrogens with zero attached hydrogens (tertiary/aromatic N) is 2. The van der Waals surface area contributed by atoms with Crippen molar-refractivity contribution in [1.29, 1.82) is 0 Å². The maximum absolute atomic E-state index is 12.1. The third kappa shape index (κ3) is 2.50. The van der Waals surface area contributed by atoms with Crippen molar-refractivity contribution in [1.82, 2.24) is 13.9 Å². The van der Waals surface area contributed by atoms with Gasteiger partial charge >= 0.3 is 0 Å². The second-order valence-electron chi connectivity index (χ2n) is 4.02. The molecule has 1 aliphatic rings. The molecule has 2 atom stereocenters. The van der Waals surface area contributed by atoms with E-state index >= 15 is 0 Å². The summed E-state index contributed by atoms with van der Waals surface area (Å²) in [5.41, 5.74) is 0. The summed E-state index contributed by atoms with van der Waals surface area (Å²) in [6, 6.07) is 0.219. The van der Waals surface area contributed by atoms with Crippen molar-refractivity contribution in [2.45, 2.75) is 32.9 Å². The fraction of sp³-hybridized carbons (Fsp3) is 1.00. The number of hydrogen-bond acceptors (Lipinski definition) is 3. The fourth-order valence-corrected chi connectivity index (χ4v) is 3.30. The van der Waals surface area contributed by atoms with Crippen molar-refractivity contribution in [3.8, 4) is 0 Å². The first-order valence-corrected chi connectivity index (χ1v) is 6.77. The molecule has 1 aliphatic heterocycles. The lowest BCUT2D eigenvalue weighted by Gasteiger charge is -2.39. The zero-order valence-corrected chi connectivity index (χ0v) is 10.7. The number of rotatable bonds is 3. The smallest absolute Gasteiger partial charge is 0.282 e. The lowest BCUT2D eigenvalue weighted by molar-refractivity contribution is 0.220. The van der Waals surface area contributed by atoms with E-state index < -0.39 is 10.2 Å². The highest BCUT2D eigenvalue weighted by molar-refractivity contribution is 7.86. The number of piperazine rings is 1. The van der Waals surface area contributed by atoms with E-state index in [1.54, 1.807) is 11.4 Å². The first-order chi connectivity index (χ1) is 6.91. The molecule has 90 valence electrons. The second-order valence-corrected chi connectivity index (χ2v) is 6.00. The molecule has 5 nitrogen and oxygen atoms in total. The molecule has 6 heteroatoms. The maximum Gasteiger partial charge on any atom is 0.282 e. The molecule has 15 heavy (non-hydrogen) atoms. The van der Waals surface area contributed by atoms with Crippen LogP contribution in [0.2, 0.25) is 0 Å². The topological polar surface area (TPSA) is 52.7 Å². The highest BCUT2D eigenvalue weighted by Crippen LogP contribution is 2.15. The molecule has 0 aromatic carbocycles. The van der Waals surface area contributed by atoms with Gasteiger partial charge in [-0.1, -0.05) is 6.92 Å². The van der Waals surface area contributed by atoms with Gasteiger partial charge in [0.05, 0.1) is 0 Å². The van der Waals surface area contributed by atoms with Crippen LogP contribution < -0.4 is 5.32 Å². The van der Waals surface area contributed by atoms with Crippen LogP contribution in [-0.4, -0.2) is 55.8 Å². The Hall–Kier alpha value is -0.170. The molecule has 0 saturated carbocycles. The van der Waals surface area contributed by atoms with Gasteiger partial charge in [0.15, 0.2) is 0 Å². The minimum Gasteiger partial charge on any atom is -0.311 e. The van der Waals surface area contributed by atoms with E-state index in [2.05, 4.69) is 5.32 Å². The van der Waals surface area contributed by atoms with Crippen LogP contribution in [0, 0.1) is 0 Å². The number of hydrogen-bond donors (Lipinski definition) is 1. The Morgan fingerprint density at radius 3 is 2.60 bits per heavy atom. The summed E-state index contributed by atoms with van der Waals surface area (Å²) in [7, 11) is -1.65. The molecule has 0 aromatic rings. The predicted molar refractivity (Wildman–Crippen MR) is 60.9 cm³/mol. The van der Waals surface area contributed by atoms with E-state index in [1.165, 1.54) is 4.31 Å². The molecule has 1 N–H and O–H groups in total. The Kier molecular flexibility index (Phi) is 4.11. The molecule has 0 radical (unpaired) electrons. The molecule has 1 saturated heterocycles. The van der Waals surface area contributed by atoms with Gasteiger partial charge in [0, 0.05) is 38.8 Å². The van der Waals surface area contributed by atoms with Crippen LogP contribution in [0.4, 0.5) is 0 Å². The number of nitrogens with one attached hydrogen (secondary N) is 1. The molecule has 2 unspecified atom stereocenters. The summed E-state index contributed by atoms with van der Waals surface area (Å²) >= 11 is 0. The van der Waals surface area contributed by atoms with Gasteiger partial charge in [0.1, 0.15) is 0 Å². The molecule has 0 bridgehead atoms. The molecular formula is C9H21N3O2S. The van der Waals surface area contributed by atoms with E-state index in [1.807, 2.05) is 20.8 Å². The average molecular weight is 235 g/mol. The second kappa shape index (κ2) is 4.78. The van der Waals surface area contributed by atoms with Gasteiger partial charge in [-0.05, 0) is 13.8 Å². The van der Waals surface area contributed by atoms with Gasteiger partial charge in [0.2, 0.25) is 0 Å². The third-order valence-electron chi connectivity index (χ3n) is 3.11. The SMILES string of the molecule is CCN(C)S(=O)(=O)N1CCNC(C)C1C. The van der Waals surface area contributed by atoms with Crippen molar-refractivity contribution in [3.05, 3.63) is 0 Å². The van der Waals surface area contributed by atoms with Gasteiger partial charge in [-0.2, -0.15) is 17.0 Å². The van der Waals surface area contributed by atoms with Gasteiger partial charge in [0.25, 0.3) is 10.2 Å². The van der Waals surface area contributed by atoms with Crippen molar-refractivity contribution < 1.29 is 8.42 Å². The largest absolute Gasteiger partial charge is 0.311 e. The lowest BCUT2D eigenvalue weighted by atomic mass is 10.1. The zero-order chi connectivity index (χ0) is 11.6. The summed E-state index contributed by atoms with van der Waals surface area (Å²) < 4.78 is 27.2. The van der Waals surface area contributed by atoms with E-state index in [9.17, 15) is 8.42 Å². The van der Waals surface area contributed by atoms with Crippen molar-refractivity contribution in [2.75, 3.05) is 26.7 Å². The van der Waals surface area contributed by atoms with Crippen LogP contribution in [-0.2, 0) is 10.2 Å². The molecule has 1 rings (SSSR count). The maximum atomic E-state index is 12.1. The van der Waals surface area contributed by atoms with E-state index in [4.69, 9.17) is 0 Å². The summed E-state index contributed by atoms with van der Waals surface area (Å²) in [6.45, 7) is 7.58. The Balaban J connectivity index is 2.86. The van der Waals surface area contributed by atoms with Crippen LogP contribution in [0.25, 0.3) is 0 Å². The van der Waals surface area contributed by atoms with Crippen LogP contribution in [0.5, 0.6) is 0 Å². The predicted octanol–water partition coefficient (Wildman–Crippen LogP) is -0.135. The summed E-state index contributed by atoms with van der Waals surface area (Å²) in [4.78, 5) is 0. The Morgan fingerprint density at radius 1 is 1.47 bits per heavy atom. The molecule has 1 fully saturated rings. The van der Waals surface area contributed by atoms with Gasteiger partial charge in [-0.3, -0.25) is 0 Å². The molecule has 1 heterocycles. The van der Waals surface area contributed by atoms with Crippen LogP contribution >= 0.6 is 0 Å². The van der Waals surface area contributed by atoms with Gasteiger partial charge < -0.3 is 5.32 Å². The third-order valence-corrected chi connectivity index (χ3v) is 5.27.